The van der Waals surface area contributed by atoms with E-state index in [0.29, 0.717) is 6.04 Å². The second-order valence-corrected chi connectivity index (χ2v) is 5.18. The van der Waals surface area contributed by atoms with E-state index < -0.39 is 0 Å². The van der Waals surface area contributed by atoms with Crippen molar-refractivity contribution in [1.82, 2.24) is 9.88 Å². The number of hydrogen-bond acceptors (Lipinski definition) is 2. The molecule has 17 heavy (non-hydrogen) atoms. The first-order valence-corrected chi connectivity index (χ1v) is 6.47. The Morgan fingerprint density at radius 1 is 1.29 bits per heavy atom. The second kappa shape index (κ2) is 4.15. The van der Waals surface area contributed by atoms with E-state index in [4.69, 9.17) is 0 Å². The number of fused-ring (bicyclic) bond motifs is 1. The van der Waals surface area contributed by atoms with E-state index in [2.05, 4.69) is 63.2 Å². The first-order valence-electron chi connectivity index (χ1n) is 5.68. The van der Waals surface area contributed by atoms with Crippen LogP contribution in [0.25, 0.3) is 10.8 Å². The predicted octanol–water partition coefficient (Wildman–Crippen LogP) is 3.85. The van der Waals surface area contributed by atoms with Gasteiger partial charge in [-0.1, -0.05) is 18.2 Å². The number of hydrogen-bond donors (Lipinski definition) is 0. The van der Waals surface area contributed by atoms with Crippen molar-refractivity contribution in [2.75, 3.05) is 7.05 Å². The molecule has 0 bridgehead atoms. The lowest BCUT2D eigenvalue weighted by atomic mass is 10.0. The van der Waals surface area contributed by atoms with Gasteiger partial charge in [-0.15, -0.1) is 0 Å². The quantitative estimate of drug-likeness (QED) is 0.741. The van der Waals surface area contributed by atoms with E-state index in [1.807, 2.05) is 12.4 Å². The molecule has 1 aromatic heterocycles. The highest BCUT2D eigenvalue weighted by molar-refractivity contribution is 9.11. The fourth-order valence-corrected chi connectivity index (χ4v) is 2.76. The van der Waals surface area contributed by atoms with Gasteiger partial charge < -0.3 is 4.90 Å². The van der Waals surface area contributed by atoms with Gasteiger partial charge in [0.05, 0.1) is 10.6 Å². The van der Waals surface area contributed by atoms with E-state index in [0.717, 1.165) is 6.42 Å². The zero-order valence-corrected chi connectivity index (χ0v) is 11.2. The van der Waals surface area contributed by atoms with Gasteiger partial charge in [0, 0.05) is 24.8 Å². The van der Waals surface area contributed by atoms with Crippen LogP contribution in [-0.2, 0) is 0 Å². The van der Waals surface area contributed by atoms with Crippen LogP contribution in [0.5, 0.6) is 0 Å². The van der Waals surface area contributed by atoms with Crippen molar-refractivity contribution in [2.24, 2.45) is 0 Å². The molecule has 3 heteroatoms. The number of halogens is 1. The molecule has 2 nitrogen and oxygen atoms in total. The van der Waals surface area contributed by atoms with Crippen molar-refractivity contribution in [3.05, 3.63) is 52.9 Å². The molecule has 0 saturated carbocycles. The van der Waals surface area contributed by atoms with Crippen molar-refractivity contribution < 1.29 is 0 Å². The molecule has 0 spiro atoms. The molecule has 2 heterocycles. The Balaban J connectivity index is 2.02. The Morgan fingerprint density at radius 3 is 2.94 bits per heavy atom. The van der Waals surface area contributed by atoms with Gasteiger partial charge in [0.1, 0.15) is 0 Å². The summed E-state index contributed by atoms with van der Waals surface area (Å²) in [5.74, 6) is 0. The highest BCUT2D eigenvalue weighted by Gasteiger charge is 2.22. The third kappa shape index (κ3) is 1.84. The molecule has 86 valence electrons. The molecule has 0 amide bonds. The minimum atomic E-state index is 0.446. The molecule has 1 aliphatic rings. The average Bonchev–Trinajstić information content (AvgIpc) is 2.70. The number of rotatable bonds is 1. The normalized spacial score (nSPS) is 19.8. The molecular weight excluding hydrogens is 276 g/mol. The molecule has 0 saturated heterocycles. The fraction of sp³-hybridized carbons (Fsp3) is 0.214. The third-order valence-corrected chi connectivity index (χ3v) is 4.25. The first kappa shape index (κ1) is 10.8. The molecule has 1 aromatic carbocycles. The lowest BCUT2D eigenvalue weighted by Gasteiger charge is -2.23. The largest absolute Gasteiger partial charge is 0.362 e. The Morgan fingerprint density at radius 2 is 2.18 bits per heavy atom. The summed E-state index contributed by atoms with van der Waals surface area (Å²) in [6, 6.07) is 9.12. The van der Waals surface area contributed by atoms with Gasteiger partial charge in [-0.25, -0.2) is 0 Å². The molecule has 1 atom stereocenters. The average molecular weight is 289 g/mol. The maximum Gasteiger partial charge on any atom is 0.0769 e. The van der Waals surface area contributed by atoms with Crippen molar-refractivity contribution in [3.63, 3.8) is 0 Å². The van der Waals surface area contributed by atoms with Gasteiger partial charge in [-0.3, -0.25) is 4.98 Å². The van der Waals surface area contributed by atoms with E-state index in [1.54, 1.807) is 0 Å². The van der Waals surface area contributed by atoms with Gasteiger partial charge in [0.2, 0.25) is 0 Å². The van der Waals surface area contributed by atoms with Gasteiger partial charge >= 0.3 is 0 Å². The topological polar surface area (TPSA) is 16.1 Å². The van der Waals surface area contributed by atoms with Gasteiger partial charge in [0.15, 0.2) is 0 Å². The maximum atomic E-state index is 4.14. The Kier molecular flexibility index (Phi) is 2.63. The highest BCUT2D eigenvalue weighted by Crippen LogP contribution is 2.36. The van der Waals surface area contributed by atoms with E-state index in [-0.39, 0.29) is 0 Å². The summed E-state index contributed by atoms with van der Waals surface area (Å²) in [5, 5.41) is 2.46. The highest BCUT2D eigenvalue weighted by atomic mass is 79.9. The fourth-order valence-electron chi connectivity index (χ4n) is 2.33. The molecule has 0 N–H and O–H groups in total. The monoisotopic (exact) mass is 288 g/mol. The zero-order valence-electron chi connectivity index (χ0n) is 9.60. The smallest absolute Gasteiger partial charge is 0.0769 e. The van der Waals surface area contributed by atoms with E-state index in [1.165, 1.54) is 20.9 Å². The minimum absolute atomic E-state index is 0.446. The van der Waals surface area contributed by atoms with Crippen molar-refractivity contribution in [3.8, 4) is 0 Å². The summed E-state index contributed by atoms with van der Waals surface area (Å²) < 4.78 is 1.18. The van der Waals surface area contributed by atoms with Gasteiger partial charge in [0.25, 0.3) is 0 Å². The summed E-state index contributed by atoms with van der Waals surface area (Å²) in [4.78, 5) is 6.41. The van der Waals surface area contributed by atoms with Crippen molar-refractivity contribution in [2.45, 2.75) is 12.5 Å². The lowest BCUT2D eigenvalue weighted by Crippen LogP contribution is -2.16. The predicted molar refractivity (Wildman–Crippen MR) is 73.9 cm³/mol. The second-order valence-electron chi connectivity index (χ2n) is 4.37. The van der Waals surface area contributed by atoms with Crippen LogP contribution in [0.15, 0.2) is 47.3 Å². The van der Waals surface area contributed by atoms with Crippen LogP contribution in [0, 0.1) is 0 Å². The van der Waals surface area contributed by atoms with Crippen LogP contribution < -0.4 is 0 Å². The zero-order chi connectivity index (χ0) is 11.8. The Hall–Kier alpha value is -1.35. The van der Waals surface area contributed by atoms with Crippen LogP contribution in [0.3, 0.4) is 0 Å². The molecule has 2 aromatic rings. The molecule has 0 fully saturated rings. The summed E-state index contributed by atoms with van der Waals surface area (Å²) in [7, 11) is 2.12. The standard InChI is InChI=1S/C14H13BrN2/c1-17-13(4-5-14(17)15)11-2-3-12-9-16-7-6-10(12)8-11/h2-3,5-9,13H,4H2,1H3. The third-order valence-electron chi connectivity index (χ3n) is 3.36. The summed E-state index contributed by atoms with van der Waals surface area (Å²) in [6.45, 7) is 0. The molecule has 3 rings (SSSR count). The Bertz CT molecular complexity index is 592. The van der Waals surface area contributed by atoms with Gasteiger partial charge in [-0.2, -0.15) is 0 Å². The molecule has 1 unspecified atom stereocenters. The van der Waals surface area contributed by atoms with Crippen molar-refractivity contribution >= 4 is 26.7 Å². The minimum Gasteiger partial charge on any atom is -0.362 e. The van der Waals surface area contributed by atoms with Crippen LogP contribution in [0.4, 0.5) is 0 Å². The summed E-state index contributed by atoms with van der Waals surface area (Å²) >= 11 is 3.57. The molecule has 0 aliphatic carbocycles. The Labute approximate surface area is 109 Å². The SMILES string of the molecule is CN1C(Br)=CCC1c1ccc2cnccc2c1. The number of benzene rings is 1. The van der Waals surface area contributed by atoms with Crippen LogP contribution in [-0.4, -0.2) is 16.9 Å². The maximum absolute atomic E-state index is 4.14. The first-order chi connectivity index (χ1) is 8.25. The number of pyridine rings is 1. The van der Waals surface area contributed by atoms with Crippen LogP contribution in [0.1, 0.15) is 18.0 Å². The number of nitrogens with zero attached hydrogens (tertiary/aromatic N) is 2. The van der Waals surface area contributed by atoms with Crippen molar-refractivity contribution in [1.29, 1.82) is 0 Å². The number of aromatic nitrogens is 1. The molecular formula is C14H13BrN2. The van der Waals surface area contributed by atoms with E-state index >= 15 is 0 Å². The van der Waals surface area contributed by atoms with Crippen LogP contribution >= 0.6 is 15.9 Å². The lowest BCUT2D eigenvalue weighted by molar-refractivity contribution is 0.362. The molecule has 1 aliphatic heterocycles. The van der Waals surface area contributed by atoms with Gasteiger partial charge in [-0.05, 0) is 45.4 Å². The van der Waals surface area contributed by atoms with E-state index in [9.17, 15) is 0 Å². The van der Waals surface area contributed by atoms with Crippen LogP contribution in [0.2, 0.25) is 0 Å². The summed E-state index contributed by atoms with van der Waals surface area (Å²) in [6.07, 6.45) is 7.04. The molecule has 0 radical (unpaired) electrons. The summed E-state index contributed by atoms with van der Waals surface area (Å²) in [5.41, 5.74) is 1.36.